The Morgan fingerprint density at radius 3 is 2.31 bits per heavy atom. The third kappa shape index (κ3) is 8.92. The highest BCUT2D eigenvalue weighted by Crippen LogP contribution is 2.39. The molecule has 17 heteroatoms. The summed E-state index contributed by atoms with van der Waals surface area (Å²) in [5, 5.41) is 7.18. The molecule has 4 aromatic rings. The second kappa shape index (κ2) is 14.0. The Labute approximate surface area is 277 Å². The third-order valence-electron chi connectivity index (χ3n) is 8.27. The van der Waals surface area contributed by atoms with E-state index in [1.165, 1.54) is 16.8 Å². The zero-order valence-corrected chi connectivity index (χ0v) is 28.0. The molecule has 0 aliphatic heterocycles. The lowest BCUT2D eigenvalue weighted by Crippen LogP contribution is -2.34. The lowest BCUT2D eigenvalue weighted by atomic mass is 10.0. The Hall–Kier alpha value is -4.12. The molecule has 1 N–H and O–H groups in total. The minimum atomic E-state index is -4.94. The minimum Gasteiger partial charge on any atom is -0.380 e. The average molecular weight is 713 g/mol. The van der Waals surface area contributed by atoms with Gasteiger partial charge in [-0.1, -0.05) is 19.6 Å². The number of pyridine rings is 1. The molecule has 0 unspecified atom stereocenters. The van der Waals surface area contributed by atoms with Crippen LogP contribution < -0.4 is 16.4 Å². The maximum absolute atomic E-state index is 15.0. The normalized spacial score (nSPS) is 14.7. The summed E-state index contributed by atoms with van der Waals surface area (Å²) in [6.45, 7) is 6.47. The van der Waals surface area contributed by atoms with Gasteiger partial charge in [-0.3, -0.25) is 9.59 Å². The van der Waals surface area contributed by atoms with E-state index in [1.807, 2.05) is 0 Å². The molecule has 1 saturated carbocycles. The summed E-state index contributed by atoms with van der Waals surface area (Å²) >= 11 is 0. The number of alkyl halides is 6. The van der Waals surface area contributed by atoms with E-state index in [-0.39, 0.29) is 29.2 Å². The molecular weight excluding hydrogens is 677 g/mol. The number of ether oxygens (including phenoxy) is 1. The summed E-state index contributed by atoms with van der Waals surface area (Å²) in [6.07, 6.45) is -3.71. The Morgan fingerprint density at radius 1 is 1.00 bits per heavy atom. The number of fused-ring (bicyclic) bond motifs is 1. The van der Waals surface area contributed by atoms with Crippen molar-refractivity contribution < 1.29 is 35.5 Å². The van der Waals surface area contributed by atoms with Crippen molar-refractivity contribution in [3.05, 3.63) is 80.6 Å². The van der Waals surface area contributed by atoms with Crippen LogP contribution in [0.4, 0.5) is 36.4 Å². The van der Waals surface area contributed by atoms with E-state index in [1.54, 1.807) is 6.07 Å². The van der Waals surface area contributed by atoms with Crippen molar-refractivity contribution in [3.63, 3.8) is 0 Å². The number of rotatable bonds is 13. The summed E-state index contributed by atoms with van der Waals surface area (Å²) < 4.78 is 103. The van der Waals surface area contributed by atoms with Crippen LogP contribution in [0.25, 0.3) is 22.2 Å². The van der Waals surface area contributed by atoms with Gasteiger partial charge >= 0.3 is 12.4 Å². The Balaban J connectivity index is 1.28. The topological polar surface area (TPSA) is 104 Å². The molecule has 49 heavy (non-hydrogen) atoms. The van der Waals surface area contributed by atoms with Crippen molar-refractivity contribution in [2.24, 2.45) is 5.92 Å². The predicted molar refractivity (Wildman–Crippen MR) is 171 cm³/mol. The summed E-state index contributed by atoms with van der Waals surface area (Å²) in [7, 11) is -1.44. The van der Waals surface area contributed by atoms with E-state index in [4.69, 9.17) is 4.74 Å². The van der Waals surface area contributed by atoms with E-state index in [9.17, 15) is 35.9 Å². The van der Waals surface area contributed by atoms with Gasteiger partial charge in [0, 0.05) is 45.9 Å². The molecule has 0 spiro atoms. The Bertz CT molecular complexity index is 1920. The van der Waals surface area contributed by atoms with Crippen molar-refractivity contribution in [2.45, 2.75) is 83.0 Å². The monoisotopic (exact) mass is 712 g/mol. The van der Waals surface area contributed by atoms with Gasteiger partial charge in [0.05, 0.1) is 28.4 Å². The Morgan fingerprint density at radius 2 is 1.69 bits per heavy atom. The lowest BCUT2D eigenvalue weighted by molar-refractivity contribution is -0.139. The number of aromatic nitrogens is 5. The standard InChI is InChI=1S/C32H35F7N6O3Si/c1-49(2,3)12-11-48-18-45-30(47)27(32(37,38)39)26(17-42-45)43-25(19-6-7-19)5-4-9-44-10-8-20-13-23(24(33)14-22(20)29(44)46)28-40-15-21(16-41-28)31(34,35)36/h8,10,13-17,19,25,43H,4-7,9,11-12,18H2,1-3H3/t25-/m1/s1. The van der Waals surface area contributed by atoms with Crippen molar-refractivity contribution in [1.29, 1.82) is 0 Å². The first-order chi connectivity index (χ1) is 22.9. The SMILES string of the molecule is C[Si](C)(C)CCOCn1ncc(N[C@H](CCCn2ccc3cc(-c4ncc(C(F)(F)F)cn4)c(F)cc3c2=O)C2CC2)c(C(F)(F)F)c1=O. The first kappa shape index (κ1) is 36.2. The Kier molecular flexibility index (Phi) is 10.3. The molecule has 3 heterocycles. The van der Waals surface area contributed by atoms with Crippen LogP contribution in [0.5, 0.6) is 0 Å². The summed E-state index contributed by atoms with van der Waals surface area (Å²) in [5.74, 6) is -1.10. The second-order valence-electron chi connectivity index (χ2n) is 13.3. The van der Waals surface area contributed by atoms with Gasteiger partial charge in [0.15, 0.2) is 5.82 Å². The molecule has 5 rings (SSSR count). The van der Waals surface area contributed by atoms with Gasteiger partial charge in [-0.15, -0.1) is 0 Å². The molecular formula is C32H35F7N6O3Si. The highest BCUT2D eigenvalue weighted by molar-refractivity contribution is 6.76. The molecule has 1 aliphatic carbocycles. The smallest absolute Gasteiger partial charge is 0.380 e. The number of nitrogens with one attached hydrogen (secondary N) is 1. The molecule has 0 amide bonds. The van der Waals surface area contributed by atoms with Gasteiger partial charge in [-0.2, -0.15) is 31.4 Å². The average Bonchev–Trinajstić information content (AvgIpc) is 3.85. The highest BCUT2D eigenvalue weighted by atomic mass is 28.3. The van der Waals surface area contributed by atoms with Crippen LogP contribution in [-0.2, 0) is 30.4 Å². The van der Waals surface area contributed by atoms with E-state index in [0.717, 1.165) is 31.1 Å². The van der Waals surface area contributed by atoms with Crippen LogP contribution >= 0.6 is 0 Å². The maximum Gasteiger partial charge on any atom is 0.423 e. The van der Waals surface area contributed by atoms with E-state index < -0.39 is 66.9 Å². The third-order valence-corrected chi connectivity index (χ3v) is 9.97. The quantitative estimate of drug-likeness (QED) is 0.0891. The van der Waals surface area contributed by atoms with Crippen LogP contribution in [-0.4, -0.2) is 45.0 Å². The van der Waals surface area contributed by atoms with Gasteiger partial charge in [0.25, 0.3) is 11.1 Å². The number of aryl methyl sites for hydroxylation is 1. The fourth-order valence-electron chi connectivity index (χ4n) is 5.37. The fraction of sp³-hybridized carbons (Fsp3) is 0.469. The molecule has 9 nitrogen and oxygen atoms in total. The van der Waals surface area contributed by atoms with Crippen LogP contribution in [0.15, 0.2) is 52.6 Å². The minimum absolute atomic E-state index is 0.0263. The van der Waals surface area contributed by atoms with Gasteiger partial charge in [-0.25, -0.2) is 19.0 Å². The van der Waals surface area contributed by atoms with Gasteiger partial charge in [0.1, 0.15) is 18.1 Å². The zero-order chi connectivity index (χ0) is 35.7. The fourth-order valence-corrected chi connectivity index (χ4v) is 6.12. The van der Waals surface area contributed by atoms with Crippen molar-refractivity contribution >= 4 is 24.5 Å². The van der Waals surface area contributed by atoms with Crippen molar-refractivity contribution in [2.75, 3.05) is 11.9 Å². The zero-order valence-electron chi connectivity index (χ0n) is 27.0. The highest BCUT2D eigenvalue weighted by Gasteiger charge is 2.40. The first-order valence-corrected chi connectivity index (χ1v) is 19.4. The van der Waals surface area contributed by atoms with Crippen LogP contribution in [0.1, 0.15) is 36.8 Å². The molecule has 1 aliphatic rings. The predicted octanol–water partition coefficient (Wildman–Crippen LogP) is 7.18. The molecule has 264 valence electrons. The molecule has 0 saturated heterocycles. The molecule has 0 bridgehead atoms. The van der Waals surface area contributed by atoms with Crippen molar-refractivity contribution in [3.8, 4) is 11.4 Å². The molecule has 3 aromatic heterocycles. The van der Waals surface area contributed by atoms with E-state index in [0.29, 0.717) is 41.9 Å². The van der Waals surface area contributed by atoms with E-state index in [2.05, 4.69) is 40.0 Å². The van der Waals surface area contributed by atoms with Crippen molar-refractivity contribution in [1.82, 2.24) is 24.3 Å². The van der Waals surface area contributed by atoms with Crippen LogP contribution in [0, 0.1) is 11.7 Å². The summed E-state index contributed by atoms with van der Waals surface area (Å²) in [5.41, 5.74) is -4.85. The molecule has 1 atom stereocenters. The van der Waals surface area contributed by atoms with Gasteiger partial charge in [0.2, 0.25) is 0 Å². The number of hydrogen-bond acceptors (Lipinski definition) is 7. The second-order valence-corrected chi connectivity index (χ2v) is 19.0. The lowest BCUT2D eigenvalue weighted by Gasteiger charge is -2.23. The van der Waals surface area contributed by atoms with Crippen LogP contribution in [0.2, 0.25) is 25.7 Å². The molecule has 1 fully saturated rings. The largest absolute Gasteiger partial charge is 0.423 e. The summed E-state index contributed by atoms with van der Waals surface area (Å²) in [4.78, 5) is 33.3. The molecule has 1 aromatic carbocycles. The number of anilines is 1. The number of halogens is 7. The number of benzene rings is 1. The maximum atomic E-state index is 15.0. The molecule has 0 radical (unpaired) electrons. The van der Waals surface area contributed by atoms with Gasteiger partial charge in [-0.05, 0) is 61.2 Å². The number of hydrogen-bond donors (Lipinski definition) is 1. The summed E-state index contributed by atoms with van der Waals surface area (Å²) in [6, 6.07) is 4.16. The first-order valence-electron chi connectivity index (χ1n) is 15.7. The van der Waals surface area contributed by atoms with Gasteiger partial charge < -0.3 is 14.6 Å². The van der Waals surface area contributed by atoms with E-state index >= 15 is 4.39 Å². The van der Waals surface area contributed by atoms with Crippen LogP contribution in [0.3, 0.4) is 0 Å². The number of nitrogens with zero attached hydrogens (tertiary/aromatic N) is 5.